The summed E-state index contributed by atoms with van der Waals surface area (Å²) >= 11 is 0. The highest BCUT2D eigenvalue weighted by Gasteiger charge is 2.14. The summed E-state index contributed by atoms with van der Waals surface area (Å²) in [5.74, 6) is -0.216. The molecule has 0 amide bonds. The third-order valence-electron chi connectivity index (χ3n) is 2.58. The zero-order valence-corrected chi connectivity index (χ0v) is 10.2. The molecule has 0 radical (unpaired) electrons. The molecule has 16 heavy (non-hydrogen) atoms. The highest BCUT2D eigenvalue weighted by Crippen LogP contribution is 2.20. The number of ether oxygens (including phenoxy) is 1. The van der Waals surface area contributed by atoms with Crippen LogP contribution in [0.2, 0.25) is 0 Å². The number of benzene rings is 1. The predicted octanol–water partition coefficient (Wildman–Crippen LogP) is 2.90. The Bertz CT molecular complexity index is 317. The molecular weight excluding hydrogens is 205 g/mol. The number of hydrogen-bond acceptors (Lipinski definition) is 2. The van der Waals surface area contributed by atoms with Gasteiger partial charge < -0.3 is 10.1 Å². The Hall–Kier alpha value is -0.930. The Kier molecular flexibility index (Phi) is 5.43. The largest absolute Gasteiger partial charge is 0.369 e. The summed E-state index contributed by atoms with van der Waals surface area (Å²) < 4.78 is 19.0. The van der Waals surface area contributed by atoms with Gasteiger partial charge in [0.25, 0.3) is 0 Å². The fraction of sp³-hybridized carbons (Fsp3) is 0.538. The fourth-order valence-electron chi connectivity index (χ4n) is 1.51. The van der Waals surface area contributed by atoms with Crippen molar-refractivity contribution in [2.45, 2.75) is 32.5 Å². The molecule has 0 fully saturated rings. The number of hydrogen-bond donors (Lipinski definition) is 1. The molecule has 0 saturated heterocycles. The van der Waals surface area contributed by atoms with Crippen LogP contribution in [0.25, 0.3) is 0 Å². The van der Waals surface area contributed by atoms with Crippen LogP contribution in [0.5, 0.6) is 0 Å². The van der Waals surface area contributed by atoms with Crippen molar-refractivity contribution < 1.29 is 9.13 Å². The second-order valence-electron chi connectivity index (χ2n) is 3.96. The van der Waals surface area contributed by atoms with Crippen LogP contribution in [0.3, 0.4) is 0 Å². The summed E-state index contributed by atoms with van der Waals surface area (Å²) in [6, 6.07) is 6.59. The molecule has 2 unspecified atom stereocenters. The lowest BCUT2D eigenvalue weighted by atomic mass is 10.1. The summed E-state index contributed by atoms with van der Waals surface area (Å²) in [7, 11) is 1.87. The molecule has 0 heterocycles. The highest BCUT2D eigenvalue weighted by atomic mass is 19.1. The van der Waals surface area contributed by atoms with Gasteiger partial charge in [0.05, 0.1) is 12.2 Å². The molecule has 0 aromatic heterocycles. The number of likely N-dealkylation sites (N-methyl/N-ethyl adjacent to an activating group) is 1. The van der Waals surface area contributed by atoms with Crippen LogP contribution in [0.15, 0.2) is 24.3 Å². The second-order valence-corrected chi connectivity index (χ2v) is 3.96. The van der Waals surface area contributed by atoms with Crippen molar-refractivity contribution in [1.82, 2.24) is 5.32 Å². The lowest BCUT2D eigenvalue weighted by molar-refractivity contribution is -0.00372. The van der Waals surface area contributed by atoms with E-state index in [4.69, 9.17) is 4.74 Å². The molecule has 3 heteroatoms. The van der Waals surface area contributed by atoms with Gasteiger partial charge in [-0.05, 0) is 38.1 Å². The van der Waals surface area contributed by atoms with Crippen LogP contribution in [0.1, 0.15) is 31.9 Å². The van der Waals surface area contributed by atoms with Gasteiger partial charge in [-0.1, -0.05) is 19.1 Å². The number of halogens is 1. The van der Waals surface area contributed by atoms with Gasteiger partial charge in [-0.25, -0.2) is 4.39 Å². The quantitative estimate of drug-likeness (QED) is 0.803. The zero-order valence-electron chi connectivity index (χ0n) is 10.2. The molecule has 1 N–H and O–H groups in total. The van der Waals surface area contributed by atoms with E-state index in [0.717, 1.165) is 12.0 Å². The topological polar surface area (TPSA) is 21.3 Å². The van der Waals surface area contributed by atoms with E-state index in [1.54, 1.807) is 6.07 Å². The molecule has 2 nitrogen and oxygen atoms in total. The van der Waals surface area contributed by atoms with E-state index in [1.807, 2.05) is 20.0 Å². The maximum Gasteiger partial charge on any atom is 0.123 e. The number of nitrogens with one attached hydrogen (secondary N) is 1. The standard InChI is InChI=1S/C13H20FNO/c1-4-10(2)16-13(9-15-3)11-6-5-7-12(14)8-11/h5-8,10,13,15H,4,9H2,1-3H3. The van der Waals surface area contributed by atoms with Crippen LogP contribution < -0.4 is 5.32 Å². The van der Waals surface area contributed by atoms with E-state index >= 15 is 0 Å². The van der Waals surface area contributed by atoms with Crippen molar-refractivity contribution in [3.8, 4) is 0 Å². The Morgan fingerprint density at radius 3 is 2.75 bits per heavy atom. The Balaban J connectivity index is 2.76. The first-order chi connectivity index (χ1) is 7.67. The first kappa shape index (κ1) is 13.1. The van der Waals surface area contributed by atoms with E-state index in [0.29, 0.717) is 6.54 Å². The molecule has 0 saturated carbocycles. The maximum absolute atomic E-state index is 13.1. The average molecular weight is 225 g/mol. The fourth-order valence-corrected chi connectivity index (χ4v) is 1.51. The molecule has 0 aliphatic carbocycles. The van der Waals surface area contributed by atoms with Crippen LogP contribution in [-0.4, -0.2) is 19.7 Å². The van der Waals surface area contributed by atoms with Gasteiger partial charge in [0.2, 0.25) is 0 Å². The van der Waals surface area contributed by atoms with Crippen molar-refractivity contribution in [1.29, 1.82) is 0 Å². The van der Waals surface area contributed by atoms with Crippen LogP contribution in [0, 0.1) is 5.82 Å². The first-order valence-electron chi connectivity index (χ1n) is 5.72. The van der Waals surface area contributed by atoms with Gasteiger partial charge in [0, 0.05) is 6.54 Å². The van der Waals surface area contributed by atoms with E-state index < -0.39 is 0 Å². The Morgan fingerprint density at radius 2 is 2.19 bits per heavy atom. The Morgan fingerprint density at radius 1 is 1.44 bits per heavy atom. The third kappa shape index (κ3) is 3.91. The average Bonchev–Trinajstić information content (AvgIpc) is 2.28. The third-order valence-corrected chi connectivity index (χ3v) is 2.58. The Labute approximate surface area is 96.8 Å². The normalized spacial score (nSPS) is 14.8. The second kappa shape index (κ2) is 6.61. The van der Waals surface area contributed by atoms with Gasteiger partial charge in [-0.2, -0.15) is 0 Å². The summed E-state index contributed by atoms with van der Waals surface area (Å²) in [4.78, 5) is 0. The summed E-state index contributed by atoms with van der Waals surface area (Å²) in [5, 5.41) is 3.07. The van der Waals surface area contributed by atoms with Gasteiger partial charge in [-0.15, -0.1) is 0 Å². The van der Waals surface area contributed by atoms with E-state index in [-0.39, 0.29) is 18.0 Å². The molecule has 0 aliphatic rings. The molecule has 1 aromatic carbocycles. The first-order valence-corrected chi connectivity index (χ1v) is 5.72. The van der Waals surface area contributed by atoms with Crippen molar-refractivity contribution in [3.05, 3.63) is 35.6 Å². The molecule has 0 bridgehead atoms. The molecule has 0 aliphatic heterocycles. The molecule has 1 aromatic rings. The lowest BCUT2D eigenvalue weighted by Crippen LogP contribution is -2.23. The van der Waals surface area contributed by atoms with Crippen molar-refractivity contribution in [2.75, 3.05) is 13.6 Å². The SMILES string of the molecule is CCC(C)OC(CNC)c1cccc(F)c1. The molecule has 2 atom stereocenters. The summed E-state index contributed by atoms with van der Waals surface area (Å²) in [6.45, 7) is 4.79. The zero-order chi connectivity index (χ0) is 12.0. The van der Waals surface area contributed by atoms with Crippen LogP contribution in [0.4, 0.5) is 4.39 Å². The van der Waals surface area contributed by atoms with Gasteiger partial charge in [0.1, 0.15) is 5.82 Å². The van der Waals surface area contributed by atoms with Crippen LogP contribution in [-0.2, 0) is 4.74 Å². The molecule has 90 valence electrons. The van der Waals surface area contributed by atoms with E-state index in [1.165, 1.54) is 12.1 Å². The van der Waals surface area contributed by atoms with Crippen LogP contribution >= 0.6 is 0 Å². The molecular formula is C13H20FNO. The molecule has 0 spiro atoms. The summed E-state index contributed by atoms with van der Waals surface area (Å²) in [6.07, 6.45) is 1.05. The van der Waals surface area contributed by atoms with Gasteiger partial charge in [0.15, 0.2) is 0 Å². The van der Waals surface area contributed by atoms with Gasteiger partial charge in [-0.3, -0.25) is 0 Å². The van der Waals surface area contributed by atoms with E-state index in [2.05, 4.69) is 12.2 Å². The predicted molar refractivity (Wildman–Crippen MR) is 63.9 cm³/mol. The summed E-state index contributed by atoms with van der Waals surface area (Å²) in [5.41, 5.74) is 0.884. The minimum Gasteiger partial charge on any atom is -0.369 e. The van der Waals surface area contributed by atoms with Crippen molar-refractivity contribution >= 4 is 0 Å². The minimum atomic E-state index is -0.216. The maximum atomic E-state index is 13.1. The smallest absolute Gasteiger partial charge is 0.123 e. The lowest BCUT2D eigenvalue weighted by Gasteiger charge is -2.22. The minimum absolute atomic E-state index is 0.0874. The van der Waals surface area contributed by atoms with E-state index in [9.17, 15) is 4.39 Å². The number of rotatable bonds is 6. The van der Waals surface area contributed by atoms with Gasteiger partial charge >= 0.3 is 0 Å². The van der Waals surface area contributed by atoms with Crippen molar-refractivity contribution in [3.63, 3.8) is 0 Å². The van der Waals surface area contributed by atoms with Crippen molar-refractivity contribution in [2.24, 2.45) is 0 Å². The highest BCUT2D eigenvalue weighted by molar-refractivity contribution is 5.19. The monoisotopic (exact) mass is 225 g/mol. The molecule has 1 rings (SSSR count).